The van der Waals surface area contributed by atoms with Gasteiger partial charge in [0.25, 0.3) is 0 Å². The van der Waals surface area contributed by atoms with Crippen LogP contribution in [0.1, 0.15) is 25.0 Å². The molecule has 1 aliphatic carbocycles. The molecule has 446 valence electrons. The van der Waals surface area contributed by atoms with Gasteiger partial charge in [0.05, 0.1) is 0 Å². The SMILES string of the molecule is CC1(C)c2cc(-c3ccc(-c4ccc5ccc6cccc7ccc4c5c67)cc3)ccc2-c2ccc(-c3ccc4ccc5cccc6ccc3c4c56)cc21.c1ccc(-c2cccc(-c3c4ccccc4c(-c4cccc5oc6cc7ccccc7cc6c45)c4ccccc34)c2)cc1. The molecule has 19 aromatic carbocycles. The lowest BCUT2D eigenvalue weighted by molar-refractivity contribution is 0.661. The minimum Gasteiger partial charge on any atom is -0.456 e. The quantitative estimate of drug-likeness (QED) is 0.119. The van der Waals surface area contributed by atoms with E-state index in [9.17, 15) is 0 Å². The van der Waals surface area contributed by atoms with Gasteiger partial charge in [0.1, 0.15) is 11.2 Å². The highest BCUT2D eigenvalue weighted by atomic mass is 16.3. The summed E-state index contributed by atoms with van der Waals surface area (Å²) in [4.78, 5) is 0. The largest absolute Gasteiger partial charge is 0.456 e. The lowest BCUT2D eigenvalue weighted by atomic mass is 9.80. The van der Waals surface area contributed by atoms with Gasteiger partial charge >= 0.3 is 0 Å². The number of rotatable bonds is 6. The molecule has 0 amide bonds. The first-order valence-corrected chi connectivity index (χ1v) is 33.5. The van der Waals surface area contributed by atoms with Gasteiger partial charge in [-0.3, -0.25) is 0 Å². The van der Waals surface area contributed by atoms with Gasteiger partial charge in [0.2, 0.25) is 0 Å². The summed E-state index contributed by atoms with van der Waals surface area (Å²) in [6.45, 7) is 4.79. The van der Waals surface area contributed by atoms with Gasteiger partial charge in [-0.05, 0) is 222 Å². The van der Waals surface area contributed by atoms with Gasteiger partial charge < -0.3 is 4.42 Å². The number of benzene rings is 19. The van der Waals surface area contributed by atoms with Gasteiger partial charge in [0.15, 0.2) is 0 Å². The highest BCUT2D eigenvalue weighted by molar-refractivity contribution is 6.29. The molecule has 1 heteroatoms. The Labute approximate surface area is 555 Å². The van der Waals surface area contributed by atoms with E-state index >= 15 is 0 Å². The molecule has 1 aliphatic rings. The van der Waals surface area contributed by atoms with E-state index in [-0.39, 0.29) is 5.41 Å². The van der Waals surface area contributed by atoms with Crippen LogP contribution in [-0.2, 0) is 5.41 Å². The second kappa shape index (κ2) is 20.9. The van der Waals surface area contributed by atoms with Gasteiger partial charge in [-0.1, -0.05) is 305 Å². The summed E-state index contributed by atoms with van der Waals surface area (Å²) < 4.78 is 6.50. The minimum atomic E-state index is -0.123. The molecule has 0 N–H and O–H groups in total. The van der Waals surface area contributed by atoms with Crippen molar-refractivity contribution < 1.29 is 4.42 Å². The van der Waals surface area contributed by atoms with E-state index in [4.69, 9.17) is 4.42 Å². The fourth-order valence-electron chi connectivity index (χ4n) is 16.8. The fraction of sp³-hybridized carbons (Fsp3) is 0.0316. The standard InChI is InChI=1S/C53H34.C42H26O/c1-53(2)47-29-39(31-9-11-32(12-10-31)41-23-17-37-15-13-33-5-3-7-35-19-27-45(41)51(37)49(33)35)21-25-43(47)44-26-22-40(30-48(44)53)42-24-18-38-16-14-34-6-4-8-36-20-28-46(42)52(38)50(34)36;1-2-12-27(13-3-1)28-16-10-17-31(24-28)40-32-18-6-8-20-34(32)41(35-21-9-7-19-33(35)40)36-22-11-23-38-42(36)37-25-29-14-4-5-15-30(29)26-39(37)43-38/h3-30H,1-2H3;1-26H. The van der Waals surface area contributed by atoms with E-state index in [1.54, 1.807) is 0 Å². The van der Waals surface area contributed by atoms with Crippen LogP contribution in [0, 0.1) is 0 Å². The third kappa shape index (κ3) is 8.24. The molecule has 0 saturated carbocycles. The predicted octanol–water partition coefficient (Wildman–Crippen LogP) is 26.8. The molecule has 0 spiro atoms. The molecule has 0 aliphatic heterocycles. The summed E-state index contributed by atoms with van der Waals surface area (Å²) >= 11 is 0. The molecule has 0 unspecified atom stereocenters. The lowest BCUT2D eigenvalue weighted by Gasteiger charge is -2.23. The van der Waals surface area contributed by atoms with E-state index in [2.05, 4.69) is 341 Å². The molecular weight excluding hydrogens is 1160 g/mol. The van der Waals surface area contributed by atoms with Gasteiger partial charge in [-0.25, -0.2) is 0 Å². The fourth-order valence-corrected chi connectivity index (χ4v) is 16.8. The molecule has 1 nitrogen and oxygen atoms in total. The van der Waals surface area contributed by atoms with Crippen molar-refractivity contribution in [3.63, 3.8) is 0 Å². The van der Waals surface area contributed by atoms with E-state index in [1.807, 2.05) is 0 Å². The van der Waals surface area contributed by atoms with Crippen molar-refractivity contribution in [2.75, 3.05) is 0 Å². The molecule has 1 heterocycles. The topological polar surface area (TPSA) is 13.1 Å². The molecule has 21 rings (SSSR count). The first-order valence-electron chi connectivity index (χ1n) is 33.5. The molecule has 0 bridgehead atoms. The van der Waals surface area contributed by atoms with Crippen molar-refractivity contribution in [2.45, 2.75) is 19.3 Å². The Balaban J connectivity index is 0.000000134. The maximum absolute atomic E-state index is 6.50. The third-order valence-corrected chi connectivity index (χ3v) is 21.4. The van der Waals surface area contributed by atoms with Gasteiger partial charge in [-0.15, -0.1) is 0 Å². The van der Waals surface area contributed by atoms with Crippen molar-refractivity contribution >= 4 is 119 Å². The second-order valence-corrected chi connectivity index (χ2v) is 26.9. The Morgan fingerprint density at radius 3 is 1.22 bits per heavy atom. The first kappa shape index (κ1) is 54.4. The molecule has 0 saturated heterocycles. The highest BCUT2D eigenvalue weighted by Gasteiger charge is 2.36. The normalized spacial score (nSPS) is 12.8. The Bertz CT molecular complexity index is 6490. The van der Waals surface area contributed by atoms with Gasteiger partial charge in [-0.2, -0.15) is 0 Å². The van der Waals surface area contributed by atoms with Crippen LogP contribution in [0.2, 0.25) is 0 Å². The number of fused-ring (bicyclic) bond motifs is 9. The molecule has 1 aromatic heterocycles. The van der Waals surface area contributed by atoms with E-state index < -0.39 is 0 Å². The molecular formula is C95H60O. The smallest absolute Gasteiger partial charge is 0.136 e. The summed E-state index contributed by atoms with van der Waals surface area (Å²) in [6, 6.07) is 121. The maximum atomic E-state index is 6.50. The van der Waals surface area contributed by atoms with Crippen LogP contribution in [0.4, 0.5) is 0 Å². The Morgan fingerprint density at radius 2 is 0.604 bits per heavy atom. The summed E-state index contributed by atoms with van der Waals surface area (Å²) in [5, 5.41) is 25.6. The van der Waals surface area contributed by atoms with Crippen LogP contribution >= 0.6 is 0 Å². The zero-order valence-electron chi connectivity index (χ0n) is 53.1. The van der Waals surface area contributed by atoms with Crippen LogP contribution in [-0.4, -0.2) is 0 Å². The number of furan rings is 1. The average molecular weight is 1220 g/mol. The van der Waals surface area contributed by atoms with Crippen LogP contribution in [0.3, 0.4) is 0 Å². The van der Waals surface area contributed by atoms with Crippen LogP contribution < -0.4 is 0 Å². The Kier molecular flexibility index (Phi) is 11.9. The predicted molar refractivity (Wildman–Crippen MR) is 410 cm³/mol. The van der Waals surface area contributed by atoms with Crippen LogP contribution in [0.25, 0.3) is 197 Å². The zero-order valence-corrected chi connectivity index (χ0v) is 53.1. The average Bonchev–Trinajstić information content (AvgIpc) is 1.21. The number of hydrogen-bond donors (Lipinski definition) is 0. The summed E-state index contributed by atoms with van der Waals surface area (Å²) in [5.41, 5.74) is 22.2. The zero-order chi connectivity index (χ0) is 63.3. The van der Waals surface area contributed by atoms with Crippen LogP contribution in [0.5, 0.6) is 0 Å². The highest BCUT2D eigenvalue weighted by Crippen LogP contribution is 2.53. The molecule has 96 heavy (non-hydrogen) atoms. The summed E-state index contributed by atoms with van der Waals surface area (Å²) in [6.07, 6.45) is 0. The van der Waals surface area contributed by atoms with Crippen molar-refractivity contribution in [3.05, 3.63) is 339 Å². The van der Waals surface area contributed by atoms with Crippen molar-refractivity contribution in [1.82, 2.24) is 0 Å². The van der Waals surface area contributed by atoms with E-state index in [1.165, 1.54) is 186 Å². The van der Waals surface area contributed by atoms with Crippen molar-refractivity contribution in [3.8, 4) is 77.9 Å². The maximum Gasteiger partial charge on any atom is 0.136 e. The monoisotopic (exact) mass is 1220 g/mol. The molecule has 0 atom stereocenters. The lowest BCUT2D eigenvalue weighted by Crippen LogP contribution is -2.15. The minimum absolute atomic E-state index is 0.123. The van der Waals surface area contributed by atoms with E-state index in [0.717, 1.165) is 21.9 Å². The molecule has 0 radical (unpaired) electrons. The van der Waals surface area contributed by atoms with Crippen LogP contribution in [0.15, 0.2) is 332 Å². The van der Waals surface area contributed by atoms with E-state index in [0.29, 0.717) is 0 Å². The summed E-state index contributed by atoms with van der Waals surface area (Å²) in [5.74, 6) is 0. The second-order valence-electron chi connectivity index (χ2n) is 26.9. The number of hydrogen-bond acceptors (Lipinski definition) is 1. The Morgan fingerprint density at radius 1 is 0.198 bits per heavy atom. The Hall–Kier alpha value is -12.2. The summed E-state index contributed by atoms with van der Waals surface area (Å²) in [7, 11) is 0. The molecule has 20 aromatic rings. The third-order valence-electron chi connectivity index (χ3n) is 21.4. The van der Waals surface area contributed by atoms with Gasteiger partial charge in [0, 0.05) is 16.2 Å². The molecule has 0 fully saturated rings. The van der Waals surface area contributed by atoms with Crippen molar-refractivity contribution in [2.24, 2.45) is 0 Å². The first-order chi connectivity index (χ1) is 47.3. The van der Waals surface area contributed by atoms with Crippen molar-refractivity contribution in [1.29, 1.82) is 0 Å².